The van der Waals surface area contributed by atoms with Crippen LogP contribution in [-0.2, 0) is 11.2 Å². The number of benzene rings is 1. The molecule has 0 aromatic heterocycles. The van der Waals surface area contributed by atoms with Crippen molar-refractivity contribution in [2.75, 3.05) is 13.7 Å². The lowest BCUT2D eigenvalue weighted by Gasteiger charge is -2.34. The highest BCUT2D eigenvalue weighted by molar-refractivity contribution is 5.21. The summed E-state index contributed by atoms with van der Waals surface area (Å²) in [6, 6.07) is 3.78. The van der Waals surface area contributed by atoms with Gasteiger partial charge in [-0.3, -0.25) is 0 Å². The largest absolute Gasteiger partial charge is 0.377 e. The van der Waals surface area contributed by atoms with Gasteiger partial charge in [-0.05, 0) is 38.9 Å². The molecule has 0 fully saturated rings. The first-order valence-corrected chi connectivity index (χ1v) is 6.13. The molecule has 0 aliphatic heterocycles. The van der Waals surface area contributed by atoms with E-state index in [9.17, 15) is 8.78 Å². The van der Waals surface area contributed by atoms with Crippen LogP contribution in [-0.4, -0.2) is 25.3 Å². The maximum Gasteiger partial charge on any atom is 0.129 e. The summed E-state index contributed by atoms with van der Waals surface area (Å²) in [6.45, 7) is 6.47. The summed E-state index contributed by atoms with van der Waals surface area (Å²) in [6.07, 6.45) is 0.257. The lowest BCUT2D eigenvalue weighted by molar-refractivity contribution is -0.00997. The SMILES string of the molecule is CCNC(Cc1c(F)cccc1F)C(C)(C)OC. The third-order valence-electron chi connectivity index (χ3n) is 3.29. The van der Waals surface area contributed by atoms with Crippen molar-refractivity contribution in [2.24, 2.45) is 0 Å². The number of methoxy groups -OCH3 is 1. The van der Waals surface area contributed by atoms with Crippen LogP contribution in [0.4, 0.5) is 8.78 Å². The van der Waals surface area contributed by atoms with Crippen molar-refractivity contribution < 1.29 is 13.5 Å². The summed E-state index contributed by atoms with van der Waals surface area (Å²) in [7, 11) is 1.60. The number of nitrogens with one attached hydrogen (secondary N) is 1. The van der Waals surface area contributed by atoms with Gasteiger partial charge in [0.25, 0.3) is 0 Å². The molecule has 1 aromatic carbocycles. The number of rotatable bonds is 6. The van der Waals surface area contributed by atoms with E-state index in [1.165, 1.54) is 18.2 Å². The van der Waals surface area contributed by atoms with Crippen LogP contribution in [0.1, 0.15) is 26.3 Å². The van der Waals surface area contributed by atoms with Crippen LogP contribution >= 0.6 is 0 Å². The highest BCUT2D eigenvalue weighted by Gasteiger charge is 2.30. The van der Waals surface area contributed by atoms with Crippen molar-refractivity contribution >= 4 is 0 Å². The van der Waals surface area contributed by atoms with E-state index >= 15 is 0 Å². The van der Waals surface area contributed by atoms with E-state index < -0.39 is 17.2 Å². The summed E-state index contributed by atoms with van der Waals surface area (Å²) >= 11 is 0. The molecule has 0 heterocycles. The van der Waals surface area contributed by atoms with Crippen molar-refractivity contribution in [1.82, 2.24) is 5.32 Å². The number of ether oxygens (including phenoxy) is 1. The molecule has 1 unspecified atom stereocenters. The van der Waals surface area contributed by atoms with E-state index in [0.717, 1.165) is 0 Å². The van der Waals surface area contributed by atoms with Gasteiger partial charge >= 0.3 is 0 Å². The second-order valence-corrected chi connectivity index (χ2v) is 4.82. The van der Waals surface area contributed by atoms with Gasteiger partial charge in [-0.1, -0.05) is 13.0 Å². The number of hydrogen-bond donors (Lipinski definition) is 1. The maximum absolute atomic E-state index is 13.6. The van der Waals surface area contributed by atoms with E-state index in [1.54, 1.807) is 7.11 Å². The molecule has 0 amide bonds. The zero-order chi connectivity index (χ0) is 13.8. The zero-order valence-corrected chi connectivity index (χ0v) is 11.4. The first-order valence-electron chi connectivity index (χ1n) is 6.13. The molecular formula is C14H21F2NO. The van der Waals surface area contributed by atoms with E-state index in [4.69, 9.17) is 4.74 Å². The summed E-state index contributed by atoms with van der Waals surface area (Å²) in [4.78, 5) is 0. The smallest absolute Gasteiger partial charge is 0.129 e. The Morgan fingerprint density at radius 2 is 1.83 bits per heavy atom. The molecule has 18 heavy (non-hydrogen) atoms. The Balaban J connectivity index is 2.97. The minimum absolute atomic E-state index is 0.105. The first kappa shape index (κ1) is 15.1. The van der Waals surface area contributed by atoms with E-state index in [-0.39, 0.29) is 18.0 Å². The fourth-order valence-electron chi connectivity index (χ4n) is 1.88. The van der Waals surface area contributed by atoms with Gasteiger partial charge in [-0.15, -0.1) is 0 Å². The minimum Gasteiger partial charge on any atom is -0.377 e. The lowest BCUT2D eigenvalue weighted by atomic mass is 9.91. The molecule has 1 aromatic rings. The summed E-state index contributed by atoms with van der Waals surface area (Å²) in [5.74, 6) is -1.02. The van der Waals surface area contributed by atoms with Crippen LogP contribution in [0.5, 0.6) is 0 Å². The van der Waals surface area contributed by atoms with Crippen LogP contribution in [0.2, 0.25) is 0 Å². The third kappa shape index (κ3) is 3.50. The van der Waals surface area contributed by atoms with Crippen molar-refractivity contribution in [3.8, 4) is 0 Å². The molecular weight excluding hydrogens is 236 g/mol. The normalized spacial score (nSPS) is 13.7. The Morgan fingerprint density at radius 3 is 2.28 bits per heavy atom. The van der Waals surface area contributed by atoms with Crippen molar-refractivity contribution in [3.63, 3.8) is 0 Å². The van der Waals surface area contributed by atoms with Gasteiger partial charge in [0.15, 0.2) is 0 Å². The van der Waals surface area contributed by atoms with Crippen LogP contribution in [0.3, 0.4) is 0 Å². The Bertz CT molecular complexity index is 373. The van der Waals surface area contributed by atoms with Gasteiger partial charge in [0.1, 0.15) is 11.6 Å². The fraction of sp³-hybridized carbons (Fsp3) is 0.571. The van der Waals surface area contributed by atoms with E-state index in [1.807, 2.05) is 20.8 Å². The number of halogens is 2. The topological polar surface area (TPSA) is 21.3 Å². The van der Waals surface area contributed by atoms with Crippen LogP contribution in [0.15, 0.2) is 18.2 Å². The quantitative estimate of drug-likeness (QED) is 0.846. The van der Waals surface area contributed by atoms with Gasteiger partial charge in [-0.2, -0.15) is 0 Å². The predicted molar refractivity (Wildman–Crippen MR) is 68.6 cm³/mol. The Labute approximate surface area is 107 Å². The van der Waals surface area contributed by atoms with Crippen LogP contribution < -0.4 is 5.32 Å². The minimum atomic E-state index is -0.509. The van der Waals surface area contributed by atoms with Crippen LogP contribution in [0, 0.1) is 11.6 Å². The molecule has 0 bridgehead atoms. The molecule has 0 saturated carbocycles. The fourth-order valence-corrected chi connectivity index (χ4v) is 1.88. The predicted octanol–water partition coefficient (Wildman–Crippen LogP) is 2.91. The molecule has 1 N–H and O–H groups in total. The monoisotopic (exact) mass is 257 g/mol. The van der Waals surface area contributed by atoms with Crippen molar-refractivity contribution in [2.45, 2.75) is 38.8 Å². The van der Waals surface area contributed by atoms with Gasteiger partial charge in [0.2, 0.25) is 0 Å². The third-order valence-corrected chi connectivity index (χ3v) is 3.29. The second kappa shape index (κ2) is 6.25. The Kier molecular flexibility index (Phi) is 5.23. The molecule has 2 nitrogen and oxygen atoms in total. The van der Waals surface area contributed by atoms with Crippen LogP contribution in [0.25, 0.3) is 0 Å². The number of hydrogen-bond acceptors (Lipinski definition) is 2. The zero-order valence-electron chi connectivity index (χ0n) is 11.4. The average Bonchev–Trinajstić information content (AvgIpc) is 2.32. The Hall–Kier alpha value is -1.00. The Morgan fingerprint density at radius 1 is 1.28 bits per heavy atom. The summed E-state index contributed by atoms with van der Waals surface area (Å²) in [5.41, 5.74) is -0.390. The van der Waals surface area contributed by atoms with Gasteiger partial charge in [-0.25, -0.2) is 8.78 Å². The standard InChI is InChI=1S/C14H21F2NO/c1-5-17-13(14(2,3)18-4)9-10-11(15)7-6-8-12(10)16/h6-8,13,17H,5,9H2,1-4H3. The molecule has 0 aliphatic rings. The molecule has 0 aliphatic carbocycles. The van der Waals surface area contributed by atoms with E-state index in [2.05, 4.69) is 5.32 Å². The van der Waals surface area contributed by atoms with Crippen molar-refractivity contribution in [1.29, 1.82) is 0 Å². The summed E-state index contributed by atoms with van der Waals surface area (Å²) < 4.78 is 32.7. The first-order chi connectivity index (χ1) is 8.42. The van der Waals surface area contributed by atoms with E-state index in [0.29, 0.717) is 6.54 Å². The molecule has 4 heteroatoms. The molecule has 0 spiro atoms. The van der Waals surface area contributed by atoms with Crippen molar-refractivity contribution in [3.05, 3.63) is 35.4 Å². The molecule has 0 radical (unpaired) electrons. The summed E-state index contributed by atoms with van der Waals surface area (Å²) in [5, 5.41) is 3.22. The lowest BCUT2D eigenvalue weighted by Crippen LogP contribution is -2.49. The molecule has 0 saturated heterocycles. The maximum atomic E-state index is 13.6. The average molecular weight is 257 g/mol. The molecule has 1 atom stereocenters. The second-order valence-electron chi connectivity index (χ2n) is 4.82. The number of likely N-dealkylation sites (N-methyl/N-ethyl adjacent to an activating group) is 1. The highest BCUT2D eigenvalue weighted by atomic mass is 19.1. The van der Waals surface area contributed by atoms with Gasteiger partial charge in [0, 0.05) is 18.7 Å². The molecule has 102 valence electrons. The molecule has 1 rings (SSSR count). The van der Waals surface area contributed by atoms with Gasteiger partial charge < -0.3 is 10.1 Å². The highest BCUT2D eigenvalue weighted by Crippen LogP contribution is 2.21. The van der Waals surface area contributed by atoms with Gasteiger partial charge in [0.05, 0.1) is 5.60 Å².